The molecule has 1 aliphatic rings. The molecular formula is C51H40N2. The molecule has 53 heavy (non-hydrogen) atoms. The number of fused-ring (bicyclic) bond motifs is 9. The lowest BCUT2D eigenvalue weighted by Crippen LogP contribution is -2.16. The summed E-state index contributed by atoms with van der Waals surface area (Å²) in [7, 11) is 0. The number of rotatable bonds is 5. The van der Waals surface area contributed by atoms with E-state index in [2.05, 4.69) is 207 Å². The molecule has 10 rings (SSSR count). The van der Waals surface area contributed by atoms with Gasteiger partial charge in [-0.3, -0.25) is 0 Å². The van der Waals surface area contributed by atoms with Crippen LogP contribution < -0.4 is 4.90 Å². The summed E-state index contributed by atoms with van der Waals surface area (Å²) < 4.78 is 2.47. The van der Waals surface area contributed by atoms with E-state index < -0.39 is 0 Å². The molecule has 9 aromatic rings. The smallest absolute Gasteiger partial charge is 0.0573 e. The van der Waals surface area contributed by atoms with Gasteiger partial charge in [0.2, 0.25) is 0 Å². The molecule has 0 saturated heterocycles. The van der Waals surface area contributed by atoms with E-state index in [9.17, 15) is 0 Å². The highest BCUT2D eigenvalue weighted by molar-refractivity contribution is 6.14. The van der Waals surface area contributed by atoms with Gasteiger partial charge >= 0.3 is 0 Å². The highest BCUT2D eigenvalue weighted by atomic mass is 15.1. The molecule has 2 heteroatoms. The maximum atomic E-state index is 2.47. The van der Waals surface area contributed by atoms with Gasteiger partial charge in [0.1, 0.15) is 0 Å². The van der Waals surface area contributed by atoms with E-state index in [1.54, 1.807) is 0 Å². The van der Waals surface area contributed by atoms with Crippen LogP contribution in [0.3, 0.4) is 0 Å². The zero-order chi connectivity index (χ0) is 35.8. The predicted molar refractivity (Wildman–Crippen MR) is 225 cm³/mol. The van der Waals surface area contributed by atoms with E-state index in [-0.39, 0.29) is 5.41 Å². The Morgan fingerprint density at radius 3 is 1.74 bits per heavy atom. The molecule has 0 bridgehead atoms. The minimum Gasteiger partial charge on any atom is -0.312 e. The lowest BCUT2D eigenvalue weighted by atomic mass is 9.82. The average molecular weight is 681 g/mol. The largest absolute Gasteiger partial charge is 0.312 e. The van der Waals surface area contributed by atoms with Crippen LogP contribution in [0, 0.1) is 13.8 Å². The summed E-state index contributed by atoms with van der Waals surface area (Å²) in [6, 6.07) is 62.4. The Labute approximate surface area is 311 Å². The van der Waals surface area contributed by atoms with E-state index in [0.29, 0.717) is 0 Å². The maximum absolute atomic E-state index is 2.47. The molecule has 0 atom stereocenters. The SMILES string of the molecule is Cc1c(-c2ccc(N(c3ccc(-c4ccccc4)cc3)c3ccc4c(c3)C(C)(C)c3ccccc3-4)cc2)c(C)n2c3ccccc3c3ccccc3c12. The van der Waals surface area contributed by atoms with Gasteiger partial charge in [0.15, 0.2) is 0 Å². The third-order valence-electron chi connectivity index (χ3n) is 11.7. The van der Waals surface area contributed by atoms with Gasteiger partial charge < -0.3 is 9.30 Å². The van der Waals surface area contributed by atoms with Gasteiger partial charge in [0.05, 0.1) is 11.0 Å². The van der Waals surface area contributed by atoms with Crippen LogP contribution in [0.4, 0.5) is 17.1 Å². The fourth-order valence-corrected chi connectivity index (χ4v) is 9.20. The Kier molecular flexibility index (Phi) is 7.00. The molecule has 2 heterocycles. The summed E-state index contributed by atoms with van der Waals surface area (Å²) in [5.41, 5.74) is 18.8. The van der Waals surface area contributed by atoms with Gasteiger partial charge in [-0.25, -0.2) is 0 Å². The number of nitrogens with zero attached hydrogens (tertiary/aromatic N) is 2. The molecule has 0 aliphatic heterocycles. The van der Waals surface area contributed by atoms with E-state index in [0.717, 1.165) is 17.1 Å². The molecular weight excluding hydrogens is 641 g/mol. The first-order chi connectivity index (χ1) is 25.9. The van der Waals surface area contributed by atoms with Crippen molar-refractivity contribution in [1.82, 2.24) is 4.40 Å². The van der Waals surface area contributed by atoms with Gasteiger partial charge in [-0.1, -0.05) is 141 Å². The van der Waals surface area contributed by atoms with Gasteiger partial charge in [0, 0.05) is 44.5 Å². The van der Waals surface area contributed by atoms with E-state index in [1.807, 2.05) is 0 Å². The molecule has 0 N–H and O–H groups in total. The molecule has 2 aromatic heterocycles. The van der Waals surface area contributed by atoms with Gasteiger partial charge in [-0.15, -0.1) is 0 Å². The van der Waals surface area contributed by atoms with Crippen molar-refractivity contribution in [2.75, 3.05) is 4.90 Å². The van der Waals surface area contributed by atoms with Crippen molar-refractivity contribution in [3.8, 4) is 33.4 Å². The number of aromatic nitrogens is 1. The molecule has 1 aliphatic carbocycles. The fraction of sp³-hybridized carbons (Fsp3) is 0.0980. The summed E-state index contributed by atoms with van der Waals surface area (Å²) in [5.74, 6) is 0. The van der Waals surface area contributed by atoms with Crippen LogP contribution in [-0.4, -0.2) is 4.40 Å². The molecule has 0 unspecified atom stereocenters. The summed E-state index contributed by atoms with van der Waals surface area (Å²) >= 11 is 0. The zero-order valence-corrected chi connectivity index (χ0v) is 30.6. The Morgan fingerprint density at radius 1 is 0.453 bits per heavy atom. The number of para-hydroxylation sites is 1. The Hall–Kier alpha value is -6.38. The van der Waals surface area contributed by atoms with Crippen molar-refractivity contribution >= 4 is 44.3 Å². The fourth-order valence-electron chi connectivity index (χ4n) is 9.20. The minimum absolute atomic E-state index is 0.0878. The first-order valence-corrected chi connectivity index (χ1v) is 18.6. The normalized spacial score (nSPS) is 13.1. The van der Waals surface area contributed by atoms with Crippen molar-refractivity contribution in [3.63, 3.8) is 0 Å². The Balaban J connectivity index is 1.12. The van der Waals surface area contributed by atoms with Crippen molar-refractivity contribution in [2.45, 2.75) is 33.1 Å². The molecule has 0 saturated carbocycles. The predicted octanol–water partition coefficient (Wildman–Crippen LogP) is 14.0. The quantitative estimate of drug-likeness (QED) is 0.164. The number of aryl methyl sites for hydroxylation is 2. The van der Waals surface area contributed by atoms with Crippen molar-refractivity contribution in [1.29, 1.82) is 0 Å². The maximum Gasteiger partial charge on any atom is 0.0573 e. The van der Waals surface area contributed by atoms with Crippen LogP contribution in [0.2, 0.25) is 0 Å². The molecule has 0 fully saturated rings. The van der Waals surface area contributed by atoms with Crippen molar-refractivity contribution < 1.29 is 0 Å². The first kappa shape index (κ1) is 31.4. The second kappa shape index (κ2) is 11.8. The number of hydrogen-bond donors (Lipinski definition) is 0. The van der Waals surface area contributed by atoms with Crippen LogP contribution >= 0.6 is 0 Å². The Morgan fingerprint density at radius 2 is 1.00 bits per heavy atom. The van der Waals surface area contributed by atoms with Crippen molar-refractivity contribution in [3.05, 3.63) is 192 Å². The standard InChI is InChI=1S/C51H40N2/c1-33-49(34(2)52-48-21-13-11-18-44(48)41-16-8-9-19-45(41)50(33)52)37-24-28-39(29-25-37)53(38-26-22-36(23-27-38)35-14-6-5-7-15-35)40-30-31-43-42-17-10-12-20-46(42)51(3,4)47(43)32-40/h5-32H,1-4H3. The summed E-state index contributed by atoms with van der Waals surface area (Å²) in [6.45, 7) is 9.27. The minimum atomic E-state index is -0.0878. The van der Waals surface area contributed by atoms with E-state index >= 15 is 0 Å². The summed E-state index contributed by atoms with van der Waals surface area (Å²) in [6.07, 6.45) is 0. The van der Waals surface area contributed by atoms with Crippen molar-refractivity contribution in [2.24, 2.45) is 0 Å². The van der Waals surface area contributed by atoms with Gasteiger partial charge in [-0.2, -0.15) is 0 Å². The molecule has 0 amide bonds. The summed E-state index contributed by atoms with van der Waals surface area (Å²) in [5, 5.41) is 3.87. The van der Waals surface area contributed by atoms with Crippen LogP contribution in [0.1, 0.15) is 36.2 Å². The lowest BCUT2D eigenvalue weighted by Gasteiger charge is -2.28. The van der Waals surface area contributed by atoms with E-state index in [1.165, 1.54) is 83.0 Å². The van der Waals surface area contributed by atoms with Gasteiger partial charge in [-0.05, 0) is 106 Å². The van der Waals surface area contributed by atoms with Crippen LogP contribution in [0.25, 0.3) is 60.6 Å². The highest BCUT2D eigenvalue weighted by Crippen LogP contribution is 2.51. The molecule has 254 valence electrons. The zero-order valence-electron chi connectivity index (χ0n) is 30.6. The summed E-state index contributed by atoms with van der Waals surface area (Å²) in [4.78, 5) is 2.41. The molecule has 0 spiro atoms. The second-order valence-corrected chi connectivity index (χ2v) is 15.0. The van der Waals surface area contributed by atoms with Crippen LogP contribution in [0.15, 0.2) is 170 Å². The second-order valence-electron chi connectivity index (χ2n) is 15.0. The van der Waals surface area contributed by atoms with Crippen LogP contribution in [0.5, 0.6) is 0 Å². The number of benzene rings is 7. The van der Waals surface area contributed by atoms with Gasteiger partial charge in [0.25, 0.3) is 0 Å². The first-order valence-electron chi connectivity index (χ1n) is 18.6. The number of hydrogen-bond acceptors (Lipinski definition) is 1. The number of anilines is 3. The van der Waals surface area contributed by atoms with E-state index in [4.69, 9.17) is 0 Å². The molecule has 2 nitrogen and oxygen atoms in total. The monoisotopic (exact) mass is 680 g/mol. The number of pyridine rings is 1. The molecule has 0 radical (unpaired) electrons. The topological polar surface area (TPSA) is 7.65 Å². The third-order valence-corrected chi connectivity index (χ3v) is 11.7. The van der Waals surface area contributed by atoms with Crippen LogP contribution in [-0.2, 0) is 5.41 Å². The third kappa shape index (κ3) is 4.72. The lowest BCUT2D eigenvalue weighted by molar-refractivity contribution is 0.660. The average Bonchev–Trinajstić information content (AvgIpc) is 3.61. The highest BCUT2D eigenvalue weighted by Gasteiger charge is 2.35. The Bertz CT molecular complexity index is 2780. The molecule has 7 aromatic carbocycles.